The molecule has 1 saturated heterocycles. The zero-order valence-corrected chi connectivity index (χ0v) is 13.7. The molecule has 0 radical (unpaired) electrons. The van der Waals surface area contributed by atoms with Crippen LogP contribution in [0.15, 0.2) is 41.6 Å². The van der Waals surface area contributed by atoms with Crippen molar-refractivity contribution in [3.63, 3.8) is 0 Å². The van der Waals surface area contributed by atoms with Crippen molar-refractivity contribution in [2.75, 3.05) is 25.1 Å². The number of nitrogens with zero attached hydrogens (tertiary/aromatic N) is 2. The number of hydrogen-bond donors (Lipinski definition) is 0. The van der Waals surface area contributed by atoms with Crippen LogP contribution in [0.4, 0.5) is 0 Å². The van der Waals surface area contributed by atoms with Crippen molar-refractivity contribution in [2.24, 2.45) is 0 Å². The van der Waals surface area contributed by atoms with Crippen molar-refractivity contribution in [1.82, 2.24) is 9.29 Å². The van der Waals surface area contributed by atoms with Crippen LogP contribution in [0.25, 0.3) is 10.8 Å². The van der Waals surface area contributed by atoms with Crippen molar-refractivity contribution < 1.29 is 13.2 Å². The van der Waals surface area contributed by atoms with E-state index in [4.69, 9.17) is 4.74 Å². The number of rotatable bonds is 3. The summed E-state index contributed by atoms with van der Waals surface area (Å²) < 4.78 is 32.9. The van der Waals surface area contributed by atoms with Gasteiger partial charge in [0.1, 0.15) is 0 Å². The molecule has 1 aromatic heterocycles. The van der Waals surface area contributed by atoms with Gasteiger partial charge in [0.05, 0.1) is 24.2 Å². The van der Waals surface area contributed by atoms with Gasteiger partial charge in [-0.15, -0.1) is 0 Å². The number of pyridine rings is 1. The second kappa shape index (κ2) is 6.00. The molecule has 1 aliphatic rings. The molecule has 1 aromatic carbocycles. The molecule has 1 atom stereocenters. The third-order valence-corrected chi connectivity index (χ3v) is 6.34. The quantitative estimate of drug-likeness (QED) is 0.775. The van der Waals surface area contributed by atoms with Crippen LogP contribution in [-0.2, 0) is 14.8 Å². The fraction of sp³-hybridized carbons (Fsp3) is 0.357. The molecule has 5 nitrogen and oxygen atoms in total. The third-order valence-electron chi connectivity index (χ3n) is 3.58. The molecule has 3 rings (SSSR count). The molecule has 2 heterocycles. The van der Waals surface area contributed by atoms with Crippen molar-refractivity contribution in [2.45, 2.75) is 10.9 Å². The highest BCUT2D eigenvalue weighted by molar-refractivity contribution is 9.09. The number of sulfonamides is 1. The molecule has 112 valence electrons. The molecule has 0 bridgehead atoms. The molecule has 2 aromatic rings. The highest BCUT2D eigenvalue weighted by Crippen LogP contribution is 2.27. The van der Waals surface area contributed by atoms with E-state index in [0.717, 1.165) is 5.39 Å². The van der Waals surface area contributed by atoms with Crippen LogP contribution in [0.3, 0.4) is 0 Å². The highest BCUT2D eigenvalue weighted by atomic mass is 79.9. The Hall–Kier alpha value is -1.02. The molecule has 1 aliphatic heterocycles. The van der Waals surface area contributed by atoms with Gasteiger partial charge >= 0.3 is 0 Å². The summed E-state index contributed by atoms with van der Waals surface area (Å²) >= 11 is 3.37. The van der Waals surface area contributed by atoms with E-state index in [-0.39, 0.29) is 6.04 Å². The molecule has 0 N–H and O–H groups in total. The number of hydrogen-bond acceptors (Lipinski definition) is 4. The second-order valence-corrected chi connectivity index (χ2v) is 7.36. The van der Waals surface area contributed by atoms with Gasteiger partial charge in [0, 0.05) is 35.0 Å². The van der Waals surface area contributed by atoms with Gasteiger partial charge < -0.3 is 4.74 Å². The summed E-state index contributed by atoms with van der Waals surface area (Å²) in [6.07, 6.45) is 3.29. The summed E-state index contributed by atoms with van der Waals surface area (Å²) in [7, 11) is -3.55. The minimum absolute atomic E-state index is 0.180. The van der Waals surface area contributed by atoms with E-state index >= 15 is 0 Å². The van der Waals surface area contributed by atoms with Gasteiger partial charge in [-0.05, 0) is 12.1 Å². The molecule has 0 aliphatic carbocycles. The van der Waals surface area contributed by atoms with Crippen LogP contribution in [0, 0.1) is 0 Å². The number of aromatic nitrogens is 1. The summed E-state index contributed by atoms with van der Waals surface area (Å²) in [6.45, 7) is 1.21. The van der Waals surface area contributed by atoms with Crippen LogP contribution in [0.2, 0.25) is 0 Å². The summed E-state index contributed by atoms with van der Waals surface area (Å²) in [5, 5.41) is 2.08. The Morgan fingerprint density at radius 3 is 3.05 bits per heavy atom. The Bertz CT molecular complexity index is 745. The summed E-state index contributed by atoms with van der Waals surface area (Å²) in [5.74, 6) is 0. The van der Waals surface area contributed by atoms with Crippen molar-refractivity contribution in [3.8, 4) is 0 Å². The lowest BCUT2D eigenvalue weighted by atomic mass is 10.2. The lowest BCUT2D eigenvalue weighted by Crippen LogP contribution is -2.49. The van der Waals surface area contributed by atoms with Gasteiger partial charge in [0.2, 0.25) is 10.0 Å². The maximum absolute atomic E-state index is 13.0. The number of alkyl halides is 1. The lowest BCUT2D eigenvalue weighted by molar-refractivity contribution is 0.0413. The highest BCUT2D eigenvalue weighted by Gasteiger charge is 2.34. The van der Waals surface area contributed by atoms with E-state index in [0.29, 0.717) is 35.4 Å². The van der Waals surface area contributed by atoms with Gasteiger partial charge in [0.25, 0.3) is 0 Å². The van der Waals surface area contributed by atoms with E-state index in [1.54, 1.807) is 30.6 Å². The zero-order chi connectivity index (χ0) is 14.9. The van der Waals surface area contributed by atoms with Gasteiger partial charge in [-0.1, -0.05) is 28.1 Å². The van der Waals surface area contributed by atoms with Gasteiger partial charge in [-0.25, -0.2) is 8.42 Å². The van der Waals surface area contributed by atoms with Gasteiger partial charge in [-0.3, -0.25) is 4.98 Å². The number of halogens is 1. The van der Waals surface area contributed by atoms with E-state index in [2.05, 4.69) is 20.9 Å². The smallest absolute Gasteiger partial charge is 0.244 e. The SMILES string of the molecule is O=S(=O)(c1cccc2cnccc12)N1CCOCC1CBr. The van der Waals surface area contributed by atoms with E-state index in [1.165, 1.54) is 4.31 Å². The maximum atomic E-state index is 13.0. The first-order valence-electron chi connectivity index (χ1n) is 6.63. The fourth-order valence-corrected chi connectivity index (χ4v) is 5.06. The molecular formula is C14H15BrN2O3S. The second-order valence-electron chi connectivity index (χ2n) is 4.85. The van der Waals surface area contributed by atoms with E-state index in [1.807, 2.05) is 6.07 Å². The molecule has 21 heavy (non-hydrogen) atoms. The van der Waals surface area contributed by atoms with Crippen molar-refractivity contribution in [1.29, 1.82) is 0 Å². The Morgan fingerprint density at radius 2 is 2.24 bits per heavy atom. The largest absolute Gasteiger partial charge is 0.378 e. The number of morpholine rings is 1. The summed E-state index contributed by atoms with van der Waals surface area (Å²) in [5.41, 5.74) is 0. The van der Waals surface area contributed by atoms with Crippen LogP contribution < -0.4 is 0 Å². The summed E-state index contributed by atoms with van der Waals surface area (Å²) in [4.78, 5) is 4.37. The lowest BCUT2D eigenvalue weighted by Gasteiger charge is -2.33. The van der Waals surface area contributed by atoms with Crippen LogP contribution in [-0.4, -0.2) is 48.8 Å². The Labute approximate surface area is 132 Å². The first-order valence-corrected chi connectivity index (χ1v) is 9.19. The van der Waals surface area contributed by atoms with E-state index in [9.17, 15) is 8.42 Å². The average molecular weight is 371 g/mol. The molecule has 0 amide bonds. The van der Waals surface area contributed by atoms with Crippen LogP contribution >= 0.6 is 15.9 Å². The zero-order valence-electron chi connectivity index (χ0n) is 11.3. The third kappa shape index (κ3) is 2.70. The van der Waals surface area contributed by atoms with Crippen LogP contribution in [0.1, 0.15) is 0 Å². The Kier molecular flexibility index (Phi) is 4.26. The maximum Gasteiger partial charge on any atom is 0.244 e. The molecular weight excluding hydrogens is 356 g/mol. The topological polar surface area (TPSA) is 59.5 Å². The standard InChI is InChI=1S/C14H15BrN2O3S/c15-8-12-10-20-7-6-17(12)21(18,19)14-3-1-2-11-9-16-5-4-13(11)14/h1-5,9,12H,6-8,10H2. The van der Waals surface area contributed by atoms with Crippen molar-refractivity contribution >= 4 is 36.7 Å². The van der Waals surface area contributed by atoms with Crippen LogP contribution in [0.5, 0.6) is 0 Å². The molecule has 1 fully saturated rings. The fourth-order valence-electron chi connectivity index (χ4n) is 2.52. The first-order chi connectivity index (χ1) is 10.1. The number of benzene rings is 1. The molecule has 0 spiro atoms. The Balaban J connectivity index is 2.12. The van der Waals surface area contributed by atoms with Gasteiger partial charge in [-0.2, -0.15) is 4.31 Å². The first kappa shape index (κ1) is 14.9. The average Bonchev–Trinajstić information content (AvgIpc) is 2.54. The predicted octanol–water partition coefficient (Wildman–Crippen LogP) is 2.02. The monoisotopic (exact) mass is 370 g/mol. The number of ether oxygens (including phenoxy) is 1. The number of fused-ring (bicyclic) bond motifs is 1. The molecule has 1 unspecified atom stereocenters. The van der Waals surface area contributed by atoms with E-state index < -0.39 is 10.0 Å². The van der Waals surface area contributed by atoms with Crippen molar-refractivity contribution in [3.05, 3.63) is 36.7 Å². The molecule has 7 heteroatoms. The Morgan fingerprint density at radius 1 is 1.38 bits per heavy atom. The molecule has 0 saturated carbocycles. The minimum atomic E-state index is -3.55. The normalized spacial score (nSPS) is 20.7. The summed E-state index contributed by atoms with van der Waals surface area (Å²) in [6, 6.07) is 6.83. The predicted molar refractivity (Wildman–Crippen MR) is 84.0 cm³/mol. The van der Waals surface area contributed by atoms with Gasteiger partial charge in [0.15, 0.2) is 0 Å². The minimum Gasteiger partial charge on any atom is -0.378 e.